The topological polar surface area (TPSA) is 49.3 Å². The second kappa shape index (κ2) is 6.20. The molecule has 3 nitrogen and oxygen atoms in total. The van der Waals surface area contributed by atoms with Gasteiger partial charge in [0.15, 0.2) is 0 Å². The summed E-state index contributed by atoms with van der Waals surface area (Å²) in [5.41, 5.74) is 3.38. The Kier molecular flexibility index (Phi) is 4.59. The average molecular weight is 261 g/mol. The van der Waals surface area contributed by atoms with Gasteiger partial charge < -0.3 is 10.4 Å². The molecule has 1 aromatic carbocycles. The number of amides is 1. The minimum Gasteiger partial charge on any atom is -0.391 e. The summed E-state index contributed by atoms with van der Waals surface area (Å²) in [7, 11) is 0. The largest absolute Gasteiger partial charge is 0.391 e. The minimum absolute atomic E-state index is 0.0856. The van der Waals surface area contributed by atoms with E-state index in [1.807, 2.05) is 12.1 Å². The van der Waals surface area contributed by atoms with Gasteiger partial charge in [-0.05, 0) is 54.9 Å². The van der Waals surface area contributed by atoms with Crippen molar-refractivity contribution in [1.82, 2.24) is 5.32 Å². The van der Waals surface area contributed by atoms with Crippen molar-refractivity contribution in [2.75, 3.05) is 6.54 Å². The van der Waals surface area contributed by atoms with Crippen LogP contribution in [-0.4, -0.2) is 23.7 Å². The number of rotatable bonds is 5. The van der Waals surface area contributed by atoms with E-state index in [-0.39, 0.29) is 5.91 Å². The van der Waals surface area contributed by atoms with Gasteiger partial charge in [0.2, 0.25) is 0 Å². The standard InChI is InChI=1S/C16H23NO2/c1-11(2)8-15(18)10-17-16(19)14-7-6-12-4-3-5-13(12)9-14/h6-7,9,11,15,18H,3-5,8,10H2,1-2H3,(H,17,19). The molecule has 0 spiro atoms. The lowest BCUT2D eigenvalue weighted by Gasteiger charge is -2.14. The van der Waals surface area contributed by atoms with Gasteiger partial charge in [-0.15, -0.1) is 0 Å². The predicted octanol–water partition coefficient (Wildman–Crippen LogP) is 2.31. The molecular formula is C16H23NO2. The molecule has 1 amide bonds. The van der Waals surface area contributed by atoms with Crippen LogP contribution in [0.4, 0.5) is 0 Å². The number of nitrogens with one attached hydrogen (secondary N) is 1. The first kappa shape index (κ1) is 14.1. The Morgan fingerprint density at radius 3 is 2.79 bits per heavy atom. The summed E-state index contributed by atoms with van der Waals surface area (Å²) in [6.45, 7) is 4.45. The van der Waals surface area contributed by atoms with Gasteiger partial charge in [-0.1, -0.05) is 19.9 Å². The van der Waals surface area contributed by atoms with Crippen molar-refractivity contribution in [2.24, 2.45) is 5.92 Å². The van der Waals surface area contributed by atoms with E-state index in [9.17, 15) is 9.90 Å². The Hall–Kier alpha value is -1.35. The van der Waals surface area contributed by atoms with Gasteiger partial charge in [0.25, 0.3) is 5.91 Å². The van der Waals surface area contributed by atoms with Gasteiger partial charge in [0.05, 0.1) is 6.10 Å². The maximum absolute atomic E-state index is 12.0. The molecule has 0 fully saturated rings. The number of aliphatic hydroxyl groups is 1. The van der Waals surface area contributed by atoms with Crippen LogP contribution in [-0.2, 0) is 12.8 Å². The average Bonchev–Trinajstić information content (AvgIpc) is 2.82. The third kappa shape index (κ3) is 3.80. The number of hydrogen-bond donors (Lipinski definition) is 2. The van der Waals surface area contributed by atoms with E-state index in [0.29, 0.717) is 24.4 Å². The number of benzene rings is 1. The fourth-order valence-electron chi connectivity index (χ4n) is 2.65. The van der Waals surface area contributed by atoms with E-state index in [2.05, 4.69) is 25.2 Å². The molecule has 0 saturated heterocycles. The van der Waals surface area contributed by atoms with E-state index in [1.165, 1.54) is 17.5 Å². The molecule has 2 N–H and O–H groups in total. The summed E-state index contributed by atoms with van der Waals surface area (Å²) in [6, 6.07) is 5.93. The van der Waals surface area contributed by atoms with Gasteiger partial charge in [-0.3, -0.25) is 4.79 Å². The summed E-state index contributed by atoms with van der Waals surface area (Å²) >= 11 is 0. The molecule has 0 heterocycles. The van der Waals surface area contributed by atoms with Crippen molar-refractivity contribution in [1.29, 1.82) is 0 Å². The van der Waals surface area contributed by atoms with Crippen LogP contribution in [0.5, 0.6) is 0 Å². The molecule has 1 unspecified atom stereocenters. The third-order valence-electron chi connectivity index (χ3n) is 3.60. The fraction of sp³-hybridized carbons (Fsp3) is 0.562. The second-order valence-corrected chi connectivity index (χ2v) is 5.83. The quantitative estimate of drug-likeness (QED) is 0.854. The summed E-state index contributed by atoms with van der Waals surface area (Å²) in [5.74, 6) is 0.351. The Balaban J connectivity index is 1.90. The van der Waals surface area contributed by atoms with Crippen LogP contribution in [0.15, 0.2) is 18.2 Å². The van der Waals surface area contributed by atoms with Crippen molar-refractivity contribution in [3.8, 4) is 0 Å². The van der Waals surface area contributed by atoms with E-state index in [4.69, 9.17) is 0 Å². The lowest BCUT2D eigenvalue weighted by atomic mass is 10.0. The lowest BCUT2D eigenvalue weighted by Crippen LogP contribution is -2.32. The smallest absolute Gasteiger partial charge is 0.251 e. The van der Waals surface area contributed by atoms with E-state index in [0.717, 1.165) is 12.8 Å². The lowest BCUT2D eigenvalue weighted by molar-refractivity contribution is 0.0900. The molecule has 0 saturated carbocycles. The van der Waals surface area contributed by atoms with Crippen LogP contribution in [0.1, 0.15) is 48.2 Å². The second-order valence-electron chi connectivity index (χ2n) is 5.83. The third-order valence-corrected chi connectivity index (χ3v) is 3.60. The Morgan fingerprint density at radius 2 is 2.05 bits per heavy atom. The summed E-state index contributed by atoms with van der Waals surface area (Å²) in [6.07, 6.45) is 3.65. The van der Waals surface area contributed by atoms with Gasteiger partial charge in [-0.25, -0.2) is 0 Å². The molecule has 2 rings (SSSR count). The Labute approximate surface area is 115 Å². The maximum atomic E-state index is 12.0. The van der Waals surface area contributed by atoms with Crippen LogP contribution in [0.3, 0.4) is 0 Å². The molecule has 19 heavy (non-hydrogen) atoms. The molecular weight excluding hydrogens is 238 g/mol. The van der Waals surface area contributed by atoms with Gasteiger partial charge in [0.1, 0.15) is 0 Å². The van der Waals surface area contributed by atoms with Crippen LogP contribution in [0, 0.1) is 5.92 Å². The predicted molar refractivity (Wildman–Crippen MR) is 76.3 cm³/mol. The van der Waals surface area contributed by atoms with E-state index in [1.54, 1.807) is 0 Å². The summed E-state index contributed by atoms with van der Waals surface area (Å²) in [4.78, 5) is 12.0. The molecule has 1 aliphatic carbocycles. The van der Waals surface area contributed by atoms with E-state index >= 15 is 0 Å². The maximum Gasteiger partial charge on any atom is 0.251 e. The van der Waals surface area contributed by atoms with Crippen molar-refractivity contribution in [3.05, 3.63) is 34.9 Å². The molecule has 1 aliphatic rings. The van der Waals surface area contributed by atoms with Crippen molar-refractivity contribution >= 4 is 5.91 Å². The first-order valence-corrected chi connectivity index (χ1v) is 7.14. The first-order valence-electron chi connectivity index (χ1n) is 7.14. The Morgan fingerprint density at radius 1 is 1.32 bits per heavy atom. The van der Waals surface area contributed by atoms with Crippen molar-refractivity contribution in [3.63, 3.8) is 0 Å². The molecule has 0 bridgehead atoms. The van der Waals surface area contributed by atoms with Gasteiger partial charge >= 0.3 is 0 Å². The van der Waals surface area contributed by atoms with Crippen LogP contribution in [0.25, 0.3) is 0 Å². The van der Waals surface area contributed by atoms with Crippen LogP contribution in [0.2, 0.25) is 0 Å². The highest BCUT2D eigenvalue weighted by Gasteiger charge is 2.14. The number of aliphatic hydroxyl groups excluding tert-OH is 1. The molecule has 104 valence electrons. The zero-order valence-electron chi connectivity index (χ0n) is 11.8. The molecule has 3 heteroatoms. The highest BCUT2D eigenvalue weighted by molar-refractivity contribution is 5.94. The highest BCUT2D eigenvalue weighted by Crippen LogP contribution is 2.22. The first-order chi connectivity index (χ1) is 9.06. The zero-order valence-corrected chi connectivity index (χ0v) is 11.8. The monoisotopic (exact) mass is 261 g/mol. The van der Waals surface area contributed by atoms with Crippen molar-refractivity contribution < 1.29 is 9.90 Å². The zero-order chi connectivity index (χ0) is 13.8. The normalized spacial score (nSPS) is 15.4. The minimum atomic E-state index is -0.460. The number of fused-ring (bicyclic) bond motifs is 1. The number of carbonyl (C=O) groups excluding carboxylic acids is 1. The number of carbonyl (C=O) groups is 1. The summed E-state index contributed by atoms with van der Waals surface area (Å²) in [5, 5.41) is 12.6. The fourth-order valence-corrected chi connectivity index (χ4v) is 2.65. The molecule has 1 atom stereocenters. The van der Waals surface area contributed by atoms with Crippen LogP contribution < -0.4 is 5.32 Å². The van der Waals surface area contributed by atoms with Gasteiger partial charge in [0, 0.05) is 12.1 Å². The summed E-state index contributed by atoms with van der Waals surface area (Å²) < 4.78 is 0. The van der Waals surface area contributed by atoms with E-state index < -0.39 is 6.10 Å². The Bertz CT molecular complexity index is 454. The molecule has 1 aromatic rings. The van der Waals surface area contributed by atoms with Crippen LogP contribution >= 0.6 is 0 Å². The molecule has 0 aliphatic heterocycles. The highest BCUT2D eigenvalue weighted by atomic mass is 16.3. The van der Waals surface area contributed by atoms with Crippen molar-refractivity contribution in [2.45, 2.75) is 45.6 Å². The van der Waals surface area contributed by atoms with Gasteiger partial charge in [-0.2, -0.15) is 0 Å². The molecule has 0 aromatic heterocycles. The molecule has 0 radical (unpaired) electrons. The number of aryl methyl sites for hydroxylation is 2. The SMILES string of the molecule is CC(C)CC(O)CNC(=O)c1ccc2c(c1)CCC2. The number of hydrogen-bond acceptors (Lipinski definition) is 2.